The van der Waals surface area contributed by atoms with Crippen LogP contribution >= 0.6 is 0 Å². The normalized spacial score (nSPS) is 12.3. The number of carboxylic acids is 1. The molecule has 0 radical (unpaired) electrons. The summed E-state index contributed by atoms with van der Waals surface area (Å²) in [6.07, 6.45) is 25.0. The number of allylic oxidation sites excluding steroid dienone is 2. The number of rotatable bonds is 22. The van der Waals surface area contributed by atoms with Crippen LogP contribution in [0.1, 0.15) is 122 Å². The number of aliphatic carboxylic acids is 1. The molecule has 5 heteroatoms. The van der Waals surface area contributed by atoms with E-state index in [0.717, 1.165) is 25.7 Å². The van der Waals surface area contributed by atoms with Gasteiger partial charge < -0.3 is 16.2 Å². The number of carbonyl (C=O) groups excluding carboxylic acids is 1. The van der Waals surface area contributed by atoms with Crippen molar-refractivity contribution in [3.63, 3.8) is 0 Å². The molecule has 176 valence electrons. The van der Waals surface area contributed by atoms with Gasteiger partial charge in [0.15, 0.2) is 0 Å². The molecule has 1 amide bonds. The Morgan fingerprint density at radius 3 is 1.90 bits per heavy atom. The largest absolute Gasteiger partial charge is 0.480 e. The van der Waals surface area contributed by atoms with Crippen LogP contribution in [0.15, 0.2) is 12.2 Å². The van der Waals surface area contributed by atoms with E-state index in [1.165, 1.54) is 77.0 Å². The highest BCUT2D eigenvalue weighted by Gasteiger charge is 2.10. The number of hydrogen-bond acceptors (Lipinski definition) is 3. The Morgan fingerprint density at radius 1 is 0.800 bits per heavy atom. The fraction of sp³-hybridized carbons (Fsp3) is 0.840. The summed E-state index contributed by atoms with van der Waals surface area (Å²) in [4.78, 5) is 22.4. The molecule has 0 spiro atoms. The molecule has 1 atom stereocenters. The molecule has 0 saturated heterocycles. The van der Waals surface area contributed by atoms with E-state index in [-0.39, 0.29) is 5.91 Å². The minimum atomic E-state index is -0.959. The maximum atomic E-state index is 11.8. The van der Waals surface area contributed by atoms with E-state index < -0.39 is 12.0 Å². The van der Waals surface area contributed by atoms with E-state index in [1.807, 2.05) is 0 Å². The van der Waals surface area contributed by atoms with Crippen LogP contribution in [0.2, 0.25) is 0 Å². The van der Waals surface area contributed by atoms with Crippen LogP contribution in [0.3, 0.4) is 0 Å². The Labute approximate surface area is 185 Å². The smallest absolute Gasteiger partial charge is 0.320 e. The minimum absolute atomic E-state index is 0.107. The van der Waals surface area contributed by atoms with Crippen molar-refractivity contribution in [1.82, 2.24) is 5.32 Å². The van der Waals surface area contributed by atoms with Crippen LogP contribution in [0.5, 0.6) is 0 Å². The molecular weight excluding hydrogens is 376 g/mol. The lowest BCUT2D eigenvalue weighted by Gasteiger charge is -2.07. The molecule has 30 heavy (non-hydrogen) atoms. The third-order valence-electron chi connectivity index (χ3n) is 5.50. The fourth-order valence-corrected chi connectivity index (χ4v) is 3.46. The molecule has 0 aliphatic rings. The summed E-state index contributed by atoms with van der Waals surface area (Å²) >= 11 is 0. The molecule has 0 aromatic carbocycles. The zero-order chi connectivity index (χ0) is 22.3. The van der Waals surface area contributed by atoms with E-state index in [0.29, 0.717) is 19.4 Å². The van der Waals surface area contributed by atoms with Crippen LogP contribution in [0.25, 0.3) is 0 Å². The van der Waals surface area contributed by atoms with Crippen LogP contribution < -0.4 is 11.1 Å². The van der Waals surface area contributed by atoms with Gasteiger partial charge in [-0.2, -0.15) is 0 Å². The van der Waals surface area contributed by atoms with Gasteiger partial charge in [-0.05, 0) is 51.4 Å². The van der Waals surface area contributed by atoms with E-state index in [4.69, 9.17) is 10.8 Å². The molecule has 0 aliphatic heterocycles. The summed E-state index contributed by atoms with van der Waals surface area (Å²) in [5, 5.41) is 11.6. The molecule has 0 aromatic rings. The highest BCUT2D eigenvalue weighted by molar-refractivity contribution is 5.75. The first-order valence-corrected chi connectivity index (χ1v) is 12.5. The highest BCUT2D eigenvalue weighted by atomic mass is 16.4. The van der Waals surface area contributed by atoms with Crippen molar-refractivity contribution in [2.24, 2.45) is 5.73 Å². The van der Waals surface area contributed by atoms with Gasteiger partial charge in [-0.25, -0.2) is 0 Å². The van der Waals surface area contributed by atoms with Crippen molar-refractivity contribution >= 4 is 11.9 Å². The Balaban J connectivity index is 3.25. The lowest BCUT2D eigenvalue weighted by Crippen LogP contribution is -2.30. The zero-order valence-electron chi connectivity index (χ0n) is 19.5. The number of nitrogens with one attached hydrogen (secondary N) is 1. The quantitative estimate of drug-likeness (QED) is 0.144. The summed E-state index contributed by atoms with van der Waals surface area (Å²) in [6, 6.07) is -0.789. The van der Waals surface area contributed by atoms with Crippen molar-refractivity contribution in [2.45, 2.75) is 129 Å². The number of amides is 1. The lowest BCUT2D eigenvalue weighted by molar-refractivity contribution is -0.138. The van der Waals surface area contributed by atoms with Crippen molar-refractivity contribution in [3.05, 3.63) is 12.2 Å². The predicted octanol–water partition coefficient (Wildman–Crippen LogP) is 6.11. The average molecular weight is 425 g/mol. The van der Waals surface area contributed by atoms with Gasteiger partial charge in [0.25, 0.3) is 0 Å². The topological polar surface area (TPSA) is 92.4 Å². The third kappa shape index (κ3) is 21.4. The number of nitrogens with two attached hydrogens (primary N) is 1. The Bertz CT molecular complexity index is 438. The SMILES string of the molecule is CCCCCC/C=C/CCCCCCCCCCC(=O)NCCCC[C@H](N)C(=O)O. The first-order valence-electron chi connectivity index (χ1n) is 12.5. The number of hydrogen-bond donors (Lipinski definition) is 3. The van der Waals surface area contributed by atoms with Gasteiger partial charge in [0, 0.05) is 13.0 Å². The summed E-state index contributed by atoms with van der Waals surface area (Å²) in [5.41, 5.74) is 5.44. The molecule has 0 aromatic heterocycles. The van der Waals surface area contributed by atoms with Crippen LogP contribution in [0.4, 0.5) is 0 Å². The molecule has 0 aliphatic carbocycles. The first kappa shape index (κ1) is 28.6. The third-order valence-corrected chi connectivity index (χ3v) is 5.50. The standard InChI is InChI=1S/C25H48N2O3/c1-2-3-4-5-6-7-8-9-10-11-12-13-14-15-16-17-21-24(28)27-22-19-18-20-23(26)25(29)30/h7-8,23H,2-6,9-22,26H2,1H3,(H,27,28)(H,29,30)/b8-7+/t23-/m0/s1. The summed E-state index contributed by atoms with van der Waals surface area (Å²) in [6.45, 7) is 2.87. The lowest BCUT2D eigenvalue weighted by atomic mass is 10.1. The second-order valence-corrected chi connectivity index (χ2v) is 8.48. The molecule has 0 rings (SSSR count). The maximum absolute atomic E-state index is 11.8. The molecule has 5 nitrogen and oxygen atoms in total. The van der Waals surface area contributed by atoms with Crippen molar-refractivity contribution in [3.8, 4) is 0 Å². The van der Waals surface area contributed by atoms with E-state index >= 15 is 0 Å². The molecular formula is C25H48N2O3. The Hall–Kier alpha value is -1.36. The van der Waals surface area contributed by atoms with E-state index in [2.05, 4.69) is 24.4 Å². The molecule has 4 N–H and O–H groups in total. The molecule has 0 bridgehead atoms. The van der Waals surface area contributed by atoms with Gasteiger partial charge in [-0.15, -0.1) is 0 Å². The van der Waals surface area contributed by atoms with Crippen LogP contribution in [-0.2, 0) is 9.59 Å². The van der Waals surface area contributed by atoms with Gasteiger partial charge >= 0.3 is 5.97 Å². The van der Waals surface area contributed by atoms with E-state index in [1.54, 1.807) is 0 Å². The van der Waals surface area contributed by atoms with Gasteiger partial charge in [0.1, 0.15) is 6.04 Å². The summed E-state index contributed by atoms with van der Waals surface area (Å²) < 4.78 is 0. The molecule has 0 fully saturated rings. The van der Waals surface area contributed by atoms with Crippen molar-refractivity contribution in [2.75, 3.05) is 6.54 Å². The minimum Gasteiger partial charge on any atom is -0.480 e. The van der Waals surface area contributed by atoms with Crippen LogP contribution in [-0.4, -0.2) is 29.6 Å². The summed E-state index contributed by atoms with van der Waals surface area (Å²) in [5.74, 6) is -0.851. The van der Waals surface area contributed by atoms with Crippen molar-refractivity contribution < 1.29 is 14.7 Å². The van der Waals surface area contributed by atoms with Crippen molar-refractivity contribution in [1.29, 1.82) is 0 Å². The monoisotopic (exact) mass is 424 g/mol. The van der Waals surface area contributed by atoms with Gasteiger partial charge in [-0.3, -0.25) is 9.59 Å². The second kappa shape index (κ2) is 22.3. The number of unbranched alkanes of at least 4 members (excludes halogenated alkanes) is 13. The molecule has 0 unspecified atom stereocenters. The molecule has 0 saturated carbocycles. The maximum Gasteiger partial charge on any atom is 0.320 e. The zero-order valence-corrected chi connectivity index (χ0v) is 19.5. The fourth-order valence-electron chi connectivity index (χ4n) is 3.46. The highest BCUT2D eigenvalue weighted by Crippen LogP contribution is 2.11. The average Bonchev–Trinajstić information content (AvgIpc) is 2.72. The van der Waals surface area contributed by atoms with Crippen LogP contribution in [0, 0.1) is 0 Å². The predicted molar refractivity (Wildman–Crippen MR) is 127 cm³/mol. The van der Waals surface area contributed by atoms with Gasteiger partial charge in [-0.1, -0.05) is 76.9 Å². The van der Waals surface area contributed by atoms with E-state index in [9.17, 15) is 9.59 Å². The first-order chi connectivity index (χ1) is 14.6. The summed E-state index contributed by atoms with van der Waals surface area (Å²) in [7, 11) is 0. The number of carboxylic acid groups (broad SMARTS) is 1. The Morgan fingerprint density at radius 2 is 1.33 bits per heavy atom. The van der Waals surface area contributed by atoms with Gasteiger partial charge in [0.2, 0.25) is 5.91 Å². The second-order valence-electron chi connectivity index (χ2n) is 8.48. The number of carbonyl (C=O) groups is 2. The molecule has 0 heterocycles. The Kier molecular flexibility index (Phi) is 21.3. The van der Waals surface area contributed by atoms with Gasteiger partial charge in [0.05, 0.1) is 0 Å².